The van der Waals surface area contributed by atoms with E-state index in [0.717, 1.165) is 39.5 Å². The minimum atomic E-state index is -0.329. The maximum Gasteiger partial charge on any atom is 0.255 e. The fourth-order valence-electron chi connectivity index (χ4n) is 3.86. The Morgan fingerprint density at radius 1 is 1.12 bits per heavy atom. The van der Waals surface area contributed by atoms with E-state index in [4.69, 9.17) is 4.74 Å². The molecule has 4 rings (SSSR count). The number of ether oxygens (including phenoxy) is 1. The standard InChI is InChI=1S/C27H28N2O4S/c1-17-9-10-22(18(2)15-17)33-14-6-5-13-28-27(32)21-16-23(34-25-12-11-24(30)29-25)19-7-3-4-8-20(19)26(21)31/h3-4,7-10,12,15-16,31H,5-6,11,13-14H2,1-2H3,(H,28,32)(H,29,30). The molecule has 0 aliphatic carbocycles. The summed E-state index contributed by atoms with van der Waals surface area (Å²) in [7, 11) is 0. The number of aromatic hydroxyl groups is 1. The van der Waals surface area contributed by atoms with Gasteiger partial charge in [-0.2, -0.15) is 0 Å². The summed E-state index contributed by atoms with van der Waals surface area (Å²) >= 11 is 1.38. The highest BCUT2D eigenvalue weighted by Gasteiger charge is 2.20. The zero-order chi connectivity index (χ0) is 24.1. The van der Waals surface area contributed by atoms with Crippen molar-refractivity contribution < 1.29 is 19.4 Å². The molecular formula is C27H28N2O4S. The lowest BCUT2D eigenvalue weighted by atomic mass is 10.0. The van der Waals surface area contributed by atoms with Gasteiger partial charge < -0.3 is 20.5 Å². The van der Waals surface area contributed by atoms with Crippen LogP contribution in [0.2, 0.25) is 0 Å². The number of benzene rings is 3. The van der Waals surface area contributed by atoms with E-state index in [2.05, 4.69) is 23.6 Å². The van der Waals surface area contributed by atoms with Crippen LogP contribution in [0.1, 0.15) is 40.7 Å². The number of hydrogen-bond donors (Lipinski definition) is 3. The molecule has 0 saturated heterocycles. The number of fused-ring (bicyclic) bond motifs is 1. The van der Waals surface area contributed by atoms with Gasteiger partial charge in [0.05, 0.1) is 17.2 Å². The van der Waals surface area contributed by atoms with E-state index in [1.165, 1.54) is 17.3 Å². The fraction of sp³-hybridized carbons (Fsp3) is 0.259. The average molecular weight is 477 g/mol. The normalized spacial score (nSPS) is 13.0. The van der Waals surface area contributed by atoms with Crippen molar-refractivity contribution in [3.8, 4) is 11.5 Å². The van der Waals surface area contributed by atoms with Crippen LogP contribution < -0.4 is 15.4 Å². The lowest BCUT2D eigenvalue weighted by molar-refractivity contribution is -0.118. The van der Waals surface area contributed by atoms with Crippen molar-refractivity contribution in [2.45, 2.75) is 38.0 Å². The molecule has 1 aliphatic heterocycles. The van der Waals surface area contributed by atoms with Gasteiger partial charge in [0.25, 0.3) is 5.91 Å². The minimum Gasteiger partial charge on any atom is -0.506 e. The molecule has 0 unspecified atom stereocenters. The monoisotopic (exact) mass is 476 g/mol. The van der Waals surface area contributed by atoms with Crippen LogP contribution in [-0.4, -0.2) is 30.1 Å². The average Bonchev–Trinajstić information content (AvgIpc) is 3.23. The van der Waals surface area contributed by atoms with E-state index in [9.17, 15) is 14.7 Å². The van der Waals surface area contributed by atoms with Crippen LogP contribution in [0.15, 0.2) is 64.5 Å². The third-order valence-electron chi connectivity index (χ3n) is 5.62. The predicted molar refractivity (Wildman–Crippen MR) is 135 cm³/mol. The van der Waals surface area contributed by atoms with Crippen LogP contribution in [0.5, 0.6) is 11.5 Å². The number of amides is 2. The molecule has 0 fully saturated rings. The highest BCUT2D eigenvalue weighted by Crippen LogP contribution is 2.39. The molecule has 0 radical (unpaired) electrons. The molecule has 2 amide bonds. The number of aryl methyl sites for hydroxylation is 2. The second kappa shape index (κ2) is 10.7. The smallest absolute Gasteiger partial charge is 0.255 e. The van der Waals surface area contributed by atoms with Gasteiger partial charge in [-0.3, -0.25) is 9.59 Å². The van der Waals surface area contributed by atoms with Gasteiger partial charge in [-0.25, -0.2) is 0 Å². The molecule has 3 N–H and O–H groups in total. The molecule has 34 heavy (non-hydrogen) atoms. The van der Waals surface area contributed by atoms with Gasteiger partial charge in [0.2, 0.25) is 5.91 Å². The third kappa shape index (κ3) is 5.54. The first kappa shape index (κ1) is 23.7. The second-order valence-corrected chi connectivity index (χ2v) is 9.40. The van der Waals surface area contributed by atoms with E-state index >= 15 is 0 Å². The first-order valence-electron chi connectivity index (χ1n) is 11.3. The van der Waals surface area contributed by atoms with Gasteiger partial charge in [0.1, 0.15) is 11.5 Å². The van der Waals surface area contributed by atoms with Crippen molar-refractivity contribution in [2.24, 2.45) is 0 Å². The Morgan fingerprint density at radius 2 is 1.91 bits per heavy atom. The van der Waals surface area contributed by atoms with Crippen molar-refractivity contribution in [2.75, 3.05) is 13.2 Å². The van der Waals surface area contributed by atoms with Gasteiger partial charge in [-0.15, -0.1) is 0 Å². The summed E-state index contributed by atoms with van der Waals surface area (Å²) < 4.78 is 5.85. The van der Waals surface area contributed by atoms with Crippen molar-refractivity contribution >= 4 is 34.3 Å². The minimum absolute atomic E-state index is 0.0416. The highest BCUT2D eigenvalue weighted by atomic mass is 32.2. The Labute approximate surface area is 203 Å². The Bertz CT molecular complexity index is 1270. The second-order valence-electron chi connectivity index (χ2n) is 8.32. The number of hydrogen-bond acceptors (Lipinski definition) is 5. The highest BCUT2D eigenvalue weighted by molar-refractivity contribution is 8.03. The van der Waals surface area contributed by atoms with E-state index < -0.39 is 0 Å². The largest absolute Gasteiger partial charge is 0.506 e. The van der Waals surface area contributed by atoms with Crippen molar-refractivity contribution in [1.82, 2.24) is 10.6 Å². The third-order valence-corrected chi connectivity index (χ3v) is 6.67. The van der Waals surface area contributed by atoms with Crippen molar-refractivity contribution in [3.63, 3.8) is 0 Å². The topological polar surface area (TPSA) is 87.7 Å². The molecule has 3 aromatic carbocycles. The van der Waals surface area contributed by atoms with E-state index in [1.807, 2.05) is 43.3 Å². The Balaban J connectivity index is 1.37. The molecule has 0 bridgehead atoms. The summed E-state index contributed by atoms with van der Waals surface area (Å²) in [6.07, 6.45) is 3.73. The van der Waals surface area contributed by atoms with Crippen LogP contribution >= 0.6 is 11.8 Å². The molecule has 0 spiro atoms. The molecule has 7 heteroatoms. The van der Waals surface area contributed by atoms with Gasteiger partial charge in [0.15, 0.2) is 0 Å². The molecule has 0 aromatic heterocycles. The molecule has 0 saturated carbocycles. The van der Waals surface area contributed by atoms with E-state index in [-0.39, 0.29) is 23.1 Å². The number of nitrogens with one attached hydrogen (secondary N) is 2. The number of carbonyl (C=O) groups is 2. The number of rotatable bonds is 9. The van der Waals surface area contributed by atoms with Gasteiger partial charge >= 0.3 is 0 Å². The SMILES string of the molecule is Cc1ccc(OCCCCNC(=O)c2cc(SC3=CCC(=O)N3)c3ccccc3c2O)c(C)c1. The van der Waals surface area contributed by atoms with Crippen LogP contribution in [0, 0.1) is 13.8 Å². The summed E-state index contributed by atoms with van der Waals surface area (Å²) in [5.74, 6) is 0.462. The molecule has 0 atom stereocenters. The number of carbonyl (C=O) groups excluding carboxylic acids is 2. The molecule has 176 valence electrons. The summed E-state index contributed by atoms with van der Waals surface area (Å²) in [6, 6.07) is 15.2. The summed E-state index contributed by atoms with van der Waals surface area (Å²) in [6.45, 7) is 5.13. The van der Waals surface area contributed by atoms with Crippen molar-refractivity contribution in [3.05, 3.63) is 76.3 Å². The zero-order valence-electron chi connectivity index (χ0n) is 19.3. The molecule has 6 nitrogen and oxygen atoms in total. The first-order chi connectivity index (χ1) is 16.4. The maximum absolute atomic E-state index is 12.9. The number of unbranched alkanes of at least 4 members (excludes halogenated alkanes) is 1. The predicted octanol–water partition coefficient (Wildman–Crippen LogP) is 5.20. The Morgan fingerprint density at radius 3 is 2.65 bits per heavy atom. The van der Waals surface area contributed by atoms with Gasteiger partial charge in [-0.1, -0.05) is 53.7 Å². The molecule has 3 aromatic rings. The van der Waals surface area contributed by atoms with Crippen LogP contribution in [-0.2, 0) is 4.79 Å². The molecule has 1 heterocycles. The number of phenolic OH excluding ortho intramolecular Hbond substituents is 1. The zero-order valence-corrected chi connectivity index (χ0v) is 20.1. The Hall–Kier alpha value is -3.45. The van der Waals surface area contributed by atoms with Gasteiger partial charge in [0, 0.05) is 23.2 Å². The van der Waals surface area contributed by atoms with Crippen LogP contribution in [0.4, 0.5) is 0 Å². The molecule has 1 aliphatic rings. The summed E-state index contributed by atoms with van der Waals surface area (Å²) in [4.78, 5) is 25.2. The number of thioether (sulfide) groups is 1. The van der Waals surface area contributed by atoms with E-state index in [1.54, 1.807) is 12.1 Å². The summed E-state index contributed by atoms with van der Waals surface area (Å²) in [5.41, 5.74) is 2.54. The van der Waals surface area contributed by atoms with Crippen LogP contribution in [0.25, 0.3) is 10.8 Å². The first-order valence-corrected chi connectivity index (χ1v) is 12.1. The van der Waals surface area contributed by atoms with Crippen molar-refractivity contribution in [1.29, 1.82) is 0 Å². The Kier molecular flexibility index (Phi) is 7.43. The lowest BCUT2D eigenvalue weighted by Gasteiger charge is -2.14. The number of phenols is 1. The van der Waals surface area contributed by atoms with Crippen LogP contribution in [0.3, 0.4) is 0 Å². The lowest BCUT2D eigenvalue weighted by Crippen LogP contribution is -2.25. The maximum atomic E-state index is 12.9. The fourth-order valence-corrected chi connectivity index (χ4v) is 4.90. The van der Waals surface area contributed by atoms with E-state index in [0.29, 0.717) is 25.0 Å². The summed E-state index contributed by atoms with van der Waals surface area (Å²) in [5, 5.41) is 18.7. The quantitative estimate of drug-likeness (QED) is 0.369. The molecular weight excluding hydrogens is 448 g/mol. The van der Waals surface area contributed by atoms with Gasteiger partial charge in [-0.05, 0) is 55.8 Å².